The van der Waals surface area contributed by atoms with Gasteiger partial charge in [-0.3, -0.25) is 4.79 Å². The Balaban J connectivity index is 4.14. The smallest absolute Gasteiger partial charge is 0.220 e. The first-order valence-corrected chi connectivity index (χ1v) is 8.48. The Kier molecular flexibility index (Phi) is 9.19. The lowest BCUT2D eigenvalue weighted by molar-refractivity contribution is -0.121. The first-order chi connectivity index (χ1) is 9.64. The highest BCUT2D eigenvalue weighted by atomic mass is 16.5. The molecule has 1 N–H and O–H groups in total. The summed E-state index contributed by atoms with van der Waals surface area (Å²) in [5, 5.41) is 3.00. The Hall–Kier alpha value is -0.570. The SMILES string of the molecule is CCCC(=O)NCC(C)(C)COCC(C)(CC)CC(C)C. The number of amides is 1. The van der Waals surface area contributed by atoms with Crippen LogP contribution in [0.1, 0.15) is 74.1 Å². The van der Waals surface area contributed by atoms with Gasteiger partial charge in [0.15, 0.2) is 0 Å². The van der Waals surface area contributed by atoms with Gasteiger partial charge >= 0.3 is 0 Å². The largest absolute Gasteiger partial charge is 0.380 e. The fourth-order valence-corrected chi connectivity index (χ4v) is 2.57. The third kappa shape index (κ3) is 9.89. The van der Waals surface area contributed by atoms with Gasteiger partial charge in [-0.05, 0) is 30.6 Å². The minimum Gasteiger partial charge on any atom is -0.380 e. The van der Waals surface area contributed by atoms with Crippen LogP contribution in [0.4, 0.5) is 0 Å². The molecule has 1 amide bonds. The topological polar surface area (TPSA) is 38.3 Å². The molecule has 0 bridgehead atoms. The van der Waals surface area contributed by atoms with Crippen LogP contribution in [-0.4, -0.2) is 25.7 Å². The maximum atomic E-state index is 11.5. The standard InChI is InChI=1S/C18H37NO2/c1-8-10-16(20)19-12-17(5,6)13-21-14-18(7,9-2)11-15(3)4/h15H,8-14H2,1-7H3,(H,19,20). The first kappa shape index (κ1) is 20.4. The zero-order valence-corrected chi connectivity index (χ0v) is 15.3. The van der Waals surface area contributed by atoms with Gasteiger partial charge in [0.2, 0.25) is 5.91 Å². The number of hydrogen-bond donors (Lipinski definition) is 1. The highest BCUT2D eigenvalue weighted by Gasteiger charge is 2.26. The highest BCUT2D eigenvalue weighted by molar-refractivity contribution is 5.75. The lowest BCUT2D eigenvalue weighted by Gasteiger charge is -2.32. The van der Waals surface area contributed by atoms with E-state index in [1.165, 1.54) is 6.42 Å². The maximum absolute atomic E-state index is 11.5. The van der Waals surface area contributed by atoms with Gasteiger partial charge in [-0.1, -0.05) is 48.5 Å². The van der Waals surface area contributed by atoms with E-state index in [0.717, 1.165) is 19.4 Å². The van der Waals surface area contributed by atoms with E-state index in [4.69, 9.17) is 4.74 Å². The van der Waals surface area contributed by atoms with Crippen molar-refractivity contribution in [2.75, 3.05) is 19.8 Å². The lowest BCUT2D eigenvalue weighted by Crippen LogP contribution is -2.37. The molecule has 3 heteroatoms. The third-order valence-corrected chi connectivity index (χ3v) is 3.94. The van der Waals surface area contributed by atoms with Gasteiger partial charge in [0, 0.05) is 18.4 Å². The van der Waals surface area contributed by atoms with Crippen LogP contribution >= 0.6 is 0 Å². The van der Waals surface area contributed by atoms with E-state index in [2.05, 4.69) is 46.9 Å². The molecule has 0 spiro atoms. The molecule has 0 saturated carbocycles. The first-order valence-electron chi connectivity index (χ1n) is 8.48. The van der Waals surface area contributed by atoms with E-state index >= 15 is 0 Å². The fraction of sp³-hybridized carbons (Fsp3) is 0.944. The monoisotopic (exact) mass is 299 g/mol. The molecular weight excluding hydrogens is 262 g/mol. The van der Waals surface area contributed by atoms with Gasteiger partial charge in [-0.15, -0.1) is 0 Å². The summed E-state index contributed by atoms with van der Waals surface area (Å²) in [6, 6.07) is 0. The number of nitrogens with one attached hydrogen (secondary N) is 1. The van der Waals surface area contributed by atoms with Crippen molar-refractivity contribution >= 4 is 5.91 Å². The summed E-state index contributed by atoms with van der Waals surface area (Å²) < 4.78 is 6.00. The summed E-state index contributed by atoms with van der Waals surface area (Å²) in [6.07, 6.45) is 3.84. The van der Waals surface area contributed by atoms with Gasteiger partial charge in [-0.2, -0.15) is 0 Å². The van der Waals surface area contributed by atoms with Crippen LogP contribution in [0, 0.1) is 16.7 Å². The van der Waals surface area contributed by atoms with E-state index < -0.39 is 0 Å². The molecule has 21 heavy (non-hydrogen) atoms. The predicted octanol–water partition coefficient (Wildman–Crippen LogP) is 4.41. The van der Waals surface area contributed by atoms with Crippen molar-refractivity contribution in [3.8, 4) is 0 Å². The molecule has 1 atom stereocenters. The highest BCUT2D eigenvalue weighted by Crippen LogP contribution is 2.30. The van der Waals surface area contributed by atoms with Gasteiger partial charge < -0.3 is 10.1 Å². The number of hydrogen-bond acceptors (Lipinski definition) is 2. The normalized spacial score (nSPS) is 15.0. The molecule has 0 radical (unpaired) electrons. The van der Waals surface area contributed by atoms with E-state index in [1.807, 2.05) is 6.92 Å². The summed E-state index contributed by atoms with van der Waals surface area (Å²) in [4.78, 5) is 11.5. The van der Waals surface area contributed by atoms with Crippen LogP contribution in [0.25, 0.3) is 0 Å². The van der Waals surface area contributed by atoms with Crippen molar-refractivity contribution in [1.29, 1.82) is 0 Å². The van der Waals surface area contributed by atoms with Gasteiger partial charge in [0.05, 0.1) is 13.2 Å². The molecule has 1 unspecified atom stereocenters. The van der Waals surface area contributed by atoms with Gasteiger partial charge in [0.25, 0.3) is 0 Å². The second kappa shape index (κ2) is 9.45. The zero-order chi connectivity index (χ0) is 16.5. The molecule has 0 aliphatic heterocycles. The van der Waals surface area contributed by atoms with Crippen molar-refractivity contribution in [3.63, 3.8) is 0 Å². The molecule has 0 aromatic heterocycles. The molecule has 3 nitrogen and oxygen atoms in total. The maximum Gasteiger partial charge on any atom is 0.220 e. The molecular formula is C18H37NO2. The van der Waals surface area contributed by atoms with E-state index in [1.54, 1.807) is 0 Å². The Morgan fingerprint density at radius 3 is 2.24 bits per heavy atom. The Labute approximate surface area is 132 Å². The van der Waals surface area contributed by atoms with Crippen molar-refractivity contribution in [3.05, 3.63) is 0 Å². The summed E-state index contributed by atoms with van der Waals surface area (Å²) >= 11 is 0. The number of rotatable bonds is 11. The second-order valence-corrected chi connectivity index (χ2v) is 7.95. The number of carbonyl (C=O) groups is 1. The Bertz CT molecular complexity index is 300. The number of ether oxygens (including phenoxy) is 1. The second-order valence-electron chi connectivity index (χ2n) is 7.95. The molecule has 0 fully saturated rings. The van der Waals surface area contributed by atoms with Crippen molar-refractivity contribution < 1.29 is 9.53 Å². The van der Waals surface area contributed by atoms with E-state index in [0.29, 0.717) is 25.5 Å². The molecule has 0 aromatic rings. The third-order valence-electron chi connectivity index (χ3n) is 3.94. The zero-order valence-electron chi connectivity index (χ0n) is 15.3. The molecule has 0 aromatic carbocycles. The minimum absolute atomic E-state index is 0.0180. The summed E-state index contributed by atoms with van der Waals surface area (Å²) in [5.74, 6) is 0.837. The van der Waals surface area contributed by atoms with Crippen LogP contribution in [0.15, 0.2) is 0 Å². The van der Waals surface area contributed by atoms with E-state index in [-0.39, 0.29) is 16.7 Å². The Morgan fingerprint density at radius 1 is 1.14 bits per heavy atom. The average Bonchev–Trinajstić information content (AvgIpc) is 2.36. The van der Waals surface area contributed by atoms with Crippen molar-refractivity contribution in [2.24, 2.45) is 16.7 Å². The summed E-state index contributed by atoms with van der Waals surface area (Å²) in [7, 11) is 0. The molecule has 0 aliphatic carbocycles. The van der Waals surface area contributed by atoms with Crippen LogP contribution in [-0.2, 0) is 9.53 Å². The molecule has 0 saturated heterocycles. The number of carbonyl (C=O) groups excluding carboxylic acids is 1. The molecule has 126 valence electrons. The summed E-state index contributed by atoms with van der Waals surface area (Å²) in [6.45, 7) is 17.6. The van der Waals surface area contributed by atoms with Crippen LogP contribution in [0.5, 0.6) is 0 Å². The van der Waals surface area contributed by atoms with Crippen LogP contribution in [0.3, 0.4) is 0 Å². The van der Waals surface area contributed by atoms with Crippen LogP contribution in [0.2, 0.25) is 0 Å². The molecule has 0 rings (SSSR count). The lowest BCUT2D eigenvalue weighted by atomic mass is 9.80. The van der Waals surface area contributed by atoms with E-state index in [9.17, 15) is 4.79 Å². The van der Waals surface area contributed by atoms with Gasteiger partial charge in [0.1, 0.15) is 0 Å². The van der Waals surface area contributed by atoms with Gasteiger partial charge in [-0.25, -0.2) is 0 Å². The average molecular weight is 299 g/mol. The van der Waals surface area contributed by atoms with Crippen molar-refractivity contribution in [2.45, 2.75) is 74.1 Å². The Morgan fingerprint density at radius 2 is 1.76 bits per heavy atom. The van der Waals surface area contributed by atoms with Crippen molar-refractivity contribution in [1.82, 2.24) is 5.32 Å². The minimum atomic E-state index is -0.0180. The van der Waals surface area contributed by atoms with Crippen LogP contribution < -0.4 is 5.32 Å². The molecule has 0 heterocycles. The quantitative estimate of drug-likeness (QED) is 0.614. The summed E-state index contributed by atoms with van der Waals surface area (Å²) in [5.41, 5.74) is 0.242. The fourth-order valence-electron chi connectivity index (χ4n) is 2.57. The molecule has 0 aliphatic rings. The predicted molar refractivity (Wildman–Crippen MR) is 90.4 cm³/mol.